The molecular weight excluding hydrogens is 226 g/mol. The van der Waals surface area contributed by atoms with E-state index in [1.165, 1.54) is 5.56 Å². The minimum atomic E-state index is 0.729. The fourth-order valence-corrected chi connectivity index (χ4v) is 2.04. The quantitative estimate of drug-likeness (QED) is 0.897. The van der Waals surface area contributed by atoms with Gasteiger partial charge in [0.15, 0.2) is 0 Å². The van der Waals surface area contributed by atoms with Gasteiger partial charge in [-0.05, 0) is 50.2 Å². The number of hydrogen-bond donors (Lipinski definition) is 1. The lowest BCUT2D eigenvalue weighted by Gasteiger charge is -2.11. The van der Waals surface area contributed by atoms with Gasteiger partial charge in [0.05, 0.1) is 19.2 Å². The van der Waals surface area contributed by atoms with Gasteiger partial charge < -0.3 is 14.5 Å². The van der Waals surface area contributed by atoms with Crippen molar-refractivity contribution in [1.82, 2.24) is 5.32 Å². The number of hydrogen-bond acceptors (Lipinski definition) is 3. The summed E-state index contributed by atoms with van der Waals surface area (Å²) in [6, 6.07) is 8.11. The molecule has 3 heteroatoms. The Morgan fingerprint density at radius 3 is 2.61 bits per heavy atom. The monoisotopic (exact) mass is 245 g/mol. The molecule has 0 aliphatic rings. The molecule has 1 aromatic heterocycles. The van der Waals surface area contributed by atoms with Crippen LogP contribution in [0.4, 0.5) is 0 Å². The third-order valence-electron chi connectivity index (χ3n) is 3.16. The average molecular weight is 245 g/mol. The van der Waals surface area contributed by atoms with E-state index in [1.54, 1.807) is 7.11 Å². The van der Waals surface area contributed by atoms with E-state index in [0.29, 0.717) is 0 Å². The zero-order chi connectivity index (χ0) is 13.1. The summed E-state index contributed by atoms with van der Waals surface area (Å²) in [5, 5.41) is 3.07. The molecule has 1 aromatic carbocycles. The predicted molar refractivity (Wildman–Crippen MR) is 72.9 cm³/mol. The van der Waals surface area contributed by atoms with Gasteiger partial charge in [0.2, 0.25) is 0 Å². The predicted octanol–water partition coefficient (Wildman–Crippen LogP) is 3.29. The first kappa shape index (κ1) is 12.7. The number of ether oxygens (including phenoxy) is 1. The van der Waals surface area contributed by atoms with Gasteiger partial charge in [-0.25, -0.2) is 0 Å². The summed E-state index contributed by atoms with van der Waals surface area (Å²) in [6.45, 7) is 4.87. The van der Waals surface area contributed by atoms with E-state index >= 15 is 0 Å². The van der Waals surface area contributed by atoms with E-state index in [1.807, 2.05) is 25.2 Å². The highest BCUT2D eigenvalue weighted by Crippen LogP contribution is 2.35. The third-order valence-corrected chi connectivity index (χ3v) is 3.16. The molecule has 0 radical (unpaired) electrons. The molecule has 96 valence electrons. The molecular formula is C15H19NO2. The Balaban J connectivity index is 2.46. The van der Waals surface area contributed by atoms with Crippen molar-refractivity contribution < 1.29 is 9.15 Å². The molecule has 0 bridgehead atoms. The normalized spacial score (nSPS) is 10.7. The highest BCUT2D eigenvalue weighted by atomic mass is 16.5. The van der Waals surface area contributed by atoms with Crippen molar-refractivity contribution in [1.29, 1.82) is 0 Å². The zero-order valence-corrected chi connectivity index (χ0v) is 11.3. The highest BCUT2D eigenvalue weighted by Gasteiger charge is 2.13. The van der Waals surface area contributed by atoms with Crippen LogP contribution >= 0.6 is 0 Å². The maximum absolute atomic E-state index is 5.80. The molecule has 3 nitrogen and oxygen atoms in total. The molecule has 1 N–H and O–H groups in total. The molecule has 2 aromatic rings. The summed E-state index contributed by atoms with van der Waals surface area (Å²) in [6.07, 6.45) is 0. The maximum atomic E-state index is 5.80. The van der Waals surface area contributed by atoms with Crippen LogP contribution in [0, 0.1) is 13.8 Å². The van der Waals surface area contributed by atoms with E-state index in [4.69, 9.17) is 9.15 Å². The first-order valence-electron chi connectivity index (χ1n) is 6.05. The Bertz CT molecular complexity index is 543. The lowest BCUT2D eigenvalue weighted by Crippen LogP contribution is -2.03. The number of furan rings is 1. The van der Waals surface area contributed by atoms with Gasteiger partial charge in [0, 0.05) is 0 Å². The number of methoxy groups -OCH3 is 1. The van der Waals surface area contributed by atoms with Crippen LogP contribution in [0.5, 0.6) is 5.75 Å². The van der Waals surface area contributed by atoms with Gasteiger partial charge in [-0.15, -0.1) is 0 Å². The first-order valence-corrected chi connectivity index (χ1v) is 6.05. The van der Waals surface area contributed by atoms with Crippen LogP contribution in [0.2, 0.25) is 0 Å². The lowest BCUT2D eigenvalue weighted by atomic mass is 10.0. The van der Waals surface area contributed by atoms with Gasteiger partial charge in [-0.3, -0.25) is 0 Å². The first-order chi connectivity index (χ1) is 8.67. The van der Waals surface area contributed by atoms with E-state index in [-0.39, 0.29) is 0 Å². The minimum Gasteiger partial charge on any atom is -0.496 e. The molecule has 0 saturated carbocycles. The molecule has 0 aliphatic carbocycles. The molecule has 1 heterocycles. The molecule has 0 fully saturated rings. The number of aryl methyl sites for hydroxylation is 1. The summed E-state index contributed by atoms with van der Waals surface area (Å²) in [5.41, 5.74) is 3.38. The van der Waals surface area contributed by atoms with Crippen LogP contribution < -0.4 is 10.1 Å². The molecule has 0 saturated heterocycles. The molecule has 0 aliphatic heterocycles. The zero-order valence-electron chi connectivity index (χ0n) is 11.3. The largest absolute Gasteiger partial charge is 0.496 e. The second-order valence-electron chi connectivity index (χ2n) is 4.38. The minimum absolute atomic E-state index is 0.729. The van der Waals surface area contributed by atoms with Crippen molar-refractivity contribution in [3.8, 4) is 17.1 Å². The molecule has 0 amide bonds. The van der Waals surface area contributed by atoms with E-state index < -0.39 is 0 Å². The Labute approximate surface area is 108 Å². The smallest absolute Gasteiger partial charge is 0.138 e. The Morgan fingerprint density at radius 1 is 1.17 bits per heavy atom. The van der Waals surface area contributed by atoms with E-state index in [2.05, 4.69) is 25.2 Å². The topological polar surface area (TPSA) is 34.4 Å². The fraction of sp³-hybridized carbons (Fsp3) is 0.333. The second-order valence-corrected chi connectivity index (χ2v) is 4.38. The molecule has 0 spiro atoms. The summed E-state index contributed by atoms with van der Waals surface area (Å²) in [4.78, 5) is 0. The second kappa shape index (κ2) is 5.27. The summed E-state index contributed by atoms with van der Waals surface area (Å²) in [7, 11) is 3.60. The van der Waals surface area contributed by atoms with E-state index in [0.717, 1.165) is 34.9 Å². The average Bonchev–Trinajstić information content (AvgIpc) is 2.81. The van der Waals surface area contributed by atoms with Crippen molar-refractivity contribution >= 4 is 0 Å². The summed E-state index contributed by atoms with van der Waals surface area (Å²) in [5.74, 6) is 2.66. The summed E-state index contributed by atoms with van der Waals surface area (Å²) < 4.78 is 11.3. The van der Waals surface area contributed by atoms with Crippen LogP contribution in [0.25, 0.3) is 11.3 Å². The van der Waals surface area contributed by atoms with Gasteiger partial charge in [0.25, 0.3) is 0 Å². The van der Waals surface area contributed by atoms with Gasteiger partial charge >= 0.3 is 0 Å². The number of rotatable bonds is 4. The summed E-state index contributed by atoms with van der Waals surface area (Å²) >= 11 is 0. The van der Waals surface area contributed by atoms with Crippen molar-refractivity contribution in [3.05, 3.63) is 41.2 Å². The third kappa shape index (κ3) is 2.27. The van der Waals surface area contributed by atoms with Crippen LogP contribution in [0.1, 0.15) is 16.9 Å². The van der Waals surface area contributed by atoms with E-state index in [9.17, 15) is 0 Å². The highest BCUT2D eigenvalue weighted by molar-refractivity contribution is 5.69. The maximum Gasteiger partial charge on any atom is 0.138 e. The SMILES string of the molecule is CNCc1ccc(-c2ccc(C)c(C)c2OC)o1. The van der Waals surface area contributed by atoms with Gasteiger partial charge in [-0.2, -0.15) is 0 Å². The van der Waals surface area contributed by atoms with Gasteiger partial charge in [0.1, 0.15) is 17.3 Å². The number of nitrogens with one attached hydrogen (secondary N) is 1. The van der Waals surface area contributed by atoms with Crippen LogP contribution in [0.3, 0.4) is 0 Å². The Hall–Kier alpha value is -1.74. The fourth-order valence-electron chi connectivity index (χ4n) is 2.04. The Morgan fingerprint density at radius 2 is 1.94 bits per heavy atom. The van der Waals surface area contributed by atoms with Crippen molar-refractivity contribution in [3.63, 3.8) is 0 Å². The molecule has 0 unspecified atom stereocenters. The molecule has 18 heavy (non-hydrogen) atoms. The van der Waals surface area contributed by atoms with Crippen molar-refractivity contribution in [2.45, 2.75) is 20.4 Å². The standard InChI is InChI=1S/C15H19NO2/c1-10-5-7-13(15(17-4)11(10)2)14-8-6-12(18-14)9-16-3/h5-8,16H,9H2,1-4H3. The Kier molecular flexibility index (Phi) is 3.72. The van der Waals surface area contributed by atoms with Crippen LogP contribution in [-0.2, 0) is 6.54 Å². The lowest BCUT2D eigenvalue weighted by molar-refractivity contribution is 0.410. The number of benzene rings is 1. The van der Waals surface area contributed by atoms with Crippen molar-refractivity contribution in [2.24, 2.45) is 0 Å². The van der Waals surface area contributed by atoms with Crippen molar-refractivity contribution in [2.75, 3.05) is 14.2 Å². The van der Waals surface area contributed by atoms with Crippen LogP contribution in [0.15, 0.2) is 28.7 Å². The van der Waals surface area contributed by atoms with Crippen LogP contribution in [-0.4, -0.2) is 14.2 Å². The molecule has 0 atom stereocenters. The molecule has 2 rings (SSSR count). The van der Waals surface area contributed by atoms with Gasteiger partial charge in [-0.1, -0.05) is 6.07 Å².